The van der Waals surface area contributed by atoms with Gasteiger partial charge in [0.2, 0.25) is 0 Å². The van der Waals surface area contributed by atoms with Gasteiger partial charge in [0.25, 0.3) is 0 Å². The minimum absolute atomic E-state index is 0.250. The number of ether oxygens (including phenoxy) is 1. The van der Waals surface area contributed by atoms with Crippen LogP contribution in [0, 0.1) is 20.8 Å². The van der Waals surface area contributed by atoms with Crippen LogP contribution in [-0.4, -0.2) is 48.7 Å². The molecule has 0 bridgehead atoms. The lowest BCUT2D eigenvalue weighted by Crippen LogP contribution is -2.48. The van der Waals surface area contributed by atoms with E-state index in [0.29, 0.717) is 31.8 Å². The number of amides is 1. The van der Waals surface area contributed by atoms with Crippen molar-refractivity contribution in [1.82, 2.24) is 9.80 Å². The Labute approximate surface area is 153 Å². The van der Waals surface area contributed by atoms with Crippen LogP contribution in [0.3, 0.4) is 0 Å². The molecule has 0 aliphatic carbocycles. The van der Waals surface area contributed by atoms with E-state index in [9.17, 15) is 9.59 Å². The van der Waals surface area contributed by atoms with Gasteiger partial charge in [-0.15, -0.1) is 0 Å². The predicted molar refractivity (Wildman–Crippen MR) is 101 cm³/mol. The van der Waals surface area contributed by atoms with E-state index in [-0.39, 0.29) is 11.7 Å². The summed E-state index contributed by atoms with van der Waals surface area (Å²) in [6.07, 6.45) is -0.250. The van der Waals surface area contributed by atoms with Gasteiger partial charge in [0.15, 0.2) is 0 Å². The summed E-state index contributed by atoms with van der Waals surface area (Å²) in [6, 6.07) is 3.74. The van der Waals surface area contributed by atoms with Crippen molar-refractivity contribution in [1.29, 1.82) is 0 Å². The molecular weight excluding hydrogens is 332 g/mol. The van der Waals surface area contributed by atoms with Gasteiger partial charge in [0, 0.05) is 44.2 Å². The fraction of sp³-hybridized carbons (Fsp3) is 0.500. The molecule has 1 aromatic heterocycles. The van der Waals surface area contributed by atoms with Crippen LogP contribution in [0.25, 0.3) is 11.0 Å². The molecule has 6 nitrogen and oxygen atoms in total. The molecule has 1 amide bonds. The summed E-state index contributed by atoms with van der Waals surface area (Å²) in [4.78, 5) is 27.9. The van der Waals surface area contributed by atoms with Crippen LogP contribution in [0.15, 0.2) is 21.3 Å². The predicted octanol–water partition coefficient (Wildman–Crippen LogP) is 2.99. The molecule has 3 rings (SSSR count). The summed E-state index contributed by atoms with van der Waals surface area (Å²) in [7, 11) is 0. The van der Waals surface area contributed by atoms with Gasteiger partial charge in [-0.2, -0.15) is 0 Å². The Bertz CT molecular complexity index is 879. The average Bonchev–Trinajstić information content (AvgIpc) is 2.60. The summed E-state index contributed by atoms with van der Waals surface area (Å²) in [5.41, 5.74) is 4.62. The van der Waals surface area contributed by atoms with E-state index in [1.807, 2.05) is 20.8 Å². The largest absolute Gasteiger partial charge is 0.450 e. The molecule has 0 saturated carbocycles. The van der Waals surface area contributed by atoms with Crippen molar-refractivity contribution >= 4 is 17.1 Å². The summed E-state index contributed by atoms with van der Waals surface area (Å²) in [6.45, 7) is 11.7. The van der Waals surface area contributed by atoms with Crippen LogP contribution in [0.1, 0.15) is 29.2 Å². The zero-order chi connectivity index (χ0) is 18.8. The van der Waals surface area contributed by atoms with Crippen molar-refractivity contribution < 1.29 is 13.9 Å². The third kappa shape index (κ3) is 3.60. The van der Waals surface area contributed by atoms with Crippen molar-refractivity contribution in [3.8, 4) is 0 Å². The normalized spacial score (nSPS) is 15.5. The standard InChI is InChI=1S/C20H26N2O4/c1-5-25-20(24)22-8-6-21(7-9-22)12-16-11-17(23)26-19-15(4)13(2)10-14(3)18(16)19/h10-11H,5-9,12H2,1-4H3. The Kier molecular flexibility index (Phi) is 5.32. The molecule has 1 fully saturated rings. The van der Waals surface area contributed by atoms with Crippen LogP contribution in [0.4, 0.5) is 4.79 Å². The number of rotatable bonds is 3. The molecular formula is C20H26N2O4. The maximum atomic E-state index is 12.1. The minimum atomic E-state index is -0.314. The van der Waals surface area contributed by atoms with Crippen LogP contribution < -0.4 is 5.63 Å². The number of carbonyl (C=O) groups excluding carboxylic acids is 1. The summed E-state index contributed by atoms with van der Waals surface area (Å²) >= 11 is 0. The summed E-state index contributed by atoms with van der Waals surface area (Å²) < 4.78 is 10.6. The number of aryl methyl sites for hydroxylation is 3. The highest BCUT2D eigenvalue weighted by atomic mass is 16.6. The molecule has 26 heavy (non-hydrogen) atoms. The van der Waals surface area contributed by atoms with E-state index in [1.54, 1.807) is 11.0 Å². The van der Waals surface area contributed by atoms with E-state index >= 15 is 0 Å². The molecule has 0 unspecified atom stereocenters. The molecule has 1 saturated heterocycles. The number of carbonyl (C=O) groups is 1. The first-order valence-corrected chi connectivity index (χ1v) is 9.08. The third-order valence-electron chi connectivity index (χ3n) is 5.09. The van der Waals surface area contributed by atoms with Gasteiger partial charge in [0.05, 0.1) is 6.61 Å². The second kappa shape index (κ2) is 7.50. The van der Waals surface area contributed by atoms with Gasteiger partial charge in [-0.1, -0.05) is 6.07 Å². The van der Waals surface area contributed by atoms with Crippen molar-refractivity contribution in [2.24, 2.45) is 0 Å². The van der Waals surface area contributed by atoms with Crippen molar-refractivity contribution in [2.45, 2.75) is 34.2 Å². The number of nitrogens with zero attached hydrogens (tertiary/aromatic N) is 2. The van der Waals surface area contributed by atoms with Gasteiger partial charge in [-0.25, -0.2) is 9.59 Å². The van der Waals surface area contributed by atoms with Gasteiger partial charge in [0.1, 0.15) is 5.58 Å². The zero-order valence-corrected chi connectivity index (χ0v) is 15.9. The minimum Gasteiger partial charge on any atom is -0.450 e. The maximum absolute atomic E-state index is 12.1. The third-order valence-corrected chi connectivity index (χ3v) is 5.09. The number of piperazine rings is 1. The molecule has 0 atom stereocenters. The van der Waals surface area contributed by atoms with Gasteiger partial charge in [-0.3, -0.25) is 4.90 Å². The Morgan fingerprint density at radius 2 is 1.81 bits per heavy atom. The highest BCUT2D eigenvalue weighted by molar-refractivity contribution is 5.87. The van der Waals surface area contributed by atoms with E-state index < -0.39 is 0 Å². The van der Waals surface area contributed by atoms with E-state index in [2.05, 4.69) is 17.9 Å². The lowest BCUT2D eigenvalue weighted by Gasteiger charge is -2.34. The van der Waals surface area contributed by atoms with Crippen molar-refractivity contribution in [3.63, 3.8) is 0 Å². The molecule has 6 heteroatoms. The molecule has 0 N–H and O–H groups in total. The van der Waals surface area contributed by atoms with E-state index in [4.69, 9.17) is 9.15 Å². The number of benzene rings is 1. The lowest BCUT2D eigenvalue weighted by molar-refractivity contribution is 0.0779. The topological polar surface area (TPSA) is 63.0 Å². The summed E-state index contributed by atoms with van der Waals surface area (Å²) in [5.74, 6) is 0. The van der Waals surface area contributed by atoms with Crippen LogP contribution >= 0.6 is 0 Å². The Morgan fingerprint density at radius 3 is 2.46 bits per heavy atom. The Balaban J connectivity index is 1.83. The quantitative estimate of drug-likeness (QED) is 0.790. The molecule has 1 aliphatic heterocycles. The Hall–Kier alpha value is -2.34. The summed E-state index contributed by atoms with van der Waals surface area (Å²) in [5, 5.41) is 1.03. The molecule has 0 radical (unpaired) electrons. The zero-order valence-electron chi connectivity index (χ0n) is 15.9. The highest BCUT2D eigenvalue weighted by Crippen LogP contribution is 2.28. The molecule has 2 aromatic rings. The molecule has 2 heterocycles. The second-order valence-electron chi connectivity index (χ2n) is 6.89. The van der Waals surface area contributed by atoms with Crippen LogP contribution in [0.5, 0.6) is 0 Å². The fourth-order valence-corrected chi connectivity index (χ4v) is 3.59. The van der Waals surface area contributed by atoms with Crippen LogP contribution in [0.2, 0.25) is 0 Å². The van der Waals surface area contributed by atoms with Gasteiger partial charge in [-0.05, 0) is 49.9 Å². The number of fused-ring (bicyclic) bond motifs is 1. The first-order valence-electron chi connectivity index (χ1n) is 9.08. The first-order chi connectivity index (χ1) is 12.4. The number of hydrogen-bond donors (Lipinski definition) is 0. The maximum Gasteiger partial charge on any atom is 0.409 e. The highest BCUT2D eigenvalue weighted by Gasteiger charge is 2.23. The fourth-order valence-electron chi connectivity index (χ4n) is 3.59. The van der Waals surface area contributed by atoms with Gasteiger partial charge >= 0.3 is 11.7 Å². The van der Waals surface area contributed by atoms with Gasteiger partial charge < -0.3 is 14.1 Å². The number of hydrogen-bond acceptors (Lipinski definition) is 5. The van der Waals surface area contributed by atoms with Crippen LogP contribution in [-0.2, 0) is 11.3 Å². The van der Waals surface area contributed by atoms with E-state index in [0.717, 1.165) is 40.7 Å². The lowest BCUT2D eigenvalue weighted by atomic mass is 9.98. The average molecular weight is 358 g/mol. The van der Waals surface area contributed by atoms with E-state index in [1.165, 1.54) is 0 Å². The molecule has 1 aliphatic rings. The van der Waals surface area contributed by atoms with Crippen molar-refractivity contribution in [2.75, 3.05) is 32.8 Å². The van der Waals surface area contributed by atoms with Crippen molar-refractivity contribution in [3.05, 3.63) is 44.8 Å². The first kappa shape index (κ1) is 18.5. The molecule has 1 aromatic carbocycles. The molecule has 0 spiro atoms. The smallest absolute Gasteiger partial charge is 0.409 e. The monoisotopic (exact) mass is 358 g/mol. The SMILES string of the molecule is CCOC(=O)N1CCN(Cc2cc(=O)oc3c(C)c(C)cc(C)c23)CC1. The second-order valence-corrected chi connectivity index (χ2v) is 6.89. The Morgan fingerprint density at radius 1 is 1.12 bits per heavy atom. The molecule has 140 valence electrons.